The van der Waals surface area contributed by atoms with E-state index in [0.29, 0.717) is 0 Å². The van der Waals surface area contributed by atoms with Gasteiger partial charge in [0.2, 0.25) is 5.91 Å². The molecule has 0 aliphatic carbocycles. The van der Waals surface area contributed by atoms with E-state index in [9.17, 15) is 4.79 Å². The zero-order valence-electron chi connectivity index (χ0n) is 8.30. The van der Waals surface area contributed by atoms with Crippen LogP contribution < -0.4 is 11.1 Å². The molecule has 1 saturated heterocycles. The largest absolute Gasteiger partial charge is 0.381 e. The molecule has 0 radical (unpaired) electrons. The topological polar surface area (TPSA) is 64.4 Å². The highest BCUT2D eigenvalue weighted by molar-refractivity contribution is 5.85. The first-order valence-electron chi connectivity index (χ1n) is 4.68. The Morgan fingerprint density at radius 1 is 1.46 bits per heavy atom. The van der Waals surface area contributed by atoms with Crippen LogP contribution in [0.25, 0.3) is 0 Å². The summed E-state index contributed by atoms with van der Waals surface area (Å²) in [5, 5.41) is 2.91. The summed E-state index contributed by atoms with van der Waals surface area (Å²) in [7, 11) is 0. The number of hydrogen-bond acceptors (Lipinski definition) is 3. The van der Waals surface area contributed by atoms with E-state index in [1.165, 1.54) is 0 Å². The molecule has 4 nitrogen and oxygen atoms in total. The van der Waals surface area contributed by atoms with E-state index < -0.39 is 5.54 Å². The maximum Gasteiger partial charge on any atom is 0.239 e. The van der Waals surface area contributed by atoms with Crippen LogP contribution in [0.3, 0.4) is 0 Å². The Bertz CT molecular complexity index is 181. The summed E-state index contributed by atoms with van der Waals surface area (Å²) in [5.41, 5.74) is 4.87. The molecule has 1 aliphatic rings. The number of amides is 1. The predicted octanol–water partition coefficient (Wildman–Crippen LogP) is 0.0189. The molecule has 13 heavy (non-hydrogen) atoms. The van der Waals surface area contributed by atoms with Crippen molar-refractivity contribution >= 4 is 5.91 Å². The van der Waals surface area contributed by atoms with Gasteiger partial charge in [0.25, 0.3) is 0 Å². The normalized spacial score (nSPS) is 19.9. The van der Waals surface area contributed by atoms with Crippen LogP contribution in [0.15, 0.2) is 0 Å². The average molecular weight is 186 g/mol. The lowest BCUT2D eigenvalue weighted by Crippen LogP contribution is -2.53. The molecule has 0 unspecified atom stereocenters. The van der Waals surface area contributed by atoms with Gasteiger partial charge < -0.3 is 15.8 Å². The second kappa shape index (κ2) is 4.07. The molecule has 0 atom stereocenters. The minimum Gasteiger partial charge on any atom is -0.381 e. The van der Waals surface area contributed by atoms with Gasteiger partial charge in [0.05, 0.1) is 5.54 Å². The zero-order chi connectivity index (χ0) is 9.90. The van der Waals surface area contributed by atoms with Crippen molar-refractivity contribution in [2.75, 3.05) is 13.2 Å². The van der Waals surface area contributed by atoms with Crippen LogP contribution in [0, 0.1) is 0 Å². The second-order valence-corrected chi connectivity index (χ2v) is 4.08. The van der Waals surface area contributed by atoms with Crippen LogP contribution in [0.5, 0.6) is 0 Å². The van der Waals surface area contributed by atoms with Crippen LogP contribution in [-0.2, 0) is 9.53 Å². The van der Waals surface area contributed by atoms with Crippen molar-refractivity contribution in [3.8, 4) is 0 Å². The first-order chi connectivity index (χ1) is 6.00. The number of carbonyl (C=O) groups excluding carboxylic acids is 1. The fraction of sp³-hybridized carbons (Fsp3) is 0.889. The molecule has 76 valence electrons. The van der Waals surface area contributed by atoms with Crippen molar-refractivity contribution in [1.82, 2.24) is 5.32 Å². The van der Waals surface area contributed by atoms with E-state index >= 15 is 0 Å². The van der Waals surface area contributed by atoms with Gasteiger partial charge in [-0.2, -0.15) is 0 Å². The summed E-state index contributed by atoms with van der Waals surface area (Å²) >= 11 is 0. The fourth-order valence-corrected chi connectivity index (χ4v) is 1.21. The molecule has 0 saturated carbocycles. The number of ether oxygens (including phenoxy) is 1. The molecule has 0 aromatic carbocycles. The number of nitrogens with two attached hydrogens (primary N) is 1. The van der Waals surface area contributed by atoms with Gasteiger partial charge in [-0.3, -0.25) is 4.79 Å². The van der Waals surface area contributed by atoms with E-state index in [1.807, 2.05) is 0 Å². The van der Waals surface area contributed by atoms with Crippen molar-refractivity contribution in [3.05, 3.63) is 0 Å². The van der Waals surface area contributed by atoms with Crippen molar-refractivity contribution in [1.29, 1.82) is 0 Å². The highest BCUT2D eigenvalue weighted by atomic mass is 16.5. The number of nitrogens with one attached hydrogen (secondary N) is 1. The molecule has 0 spiro atoms. The molecule has 0 aromatic heterocycles. The van der Waals surface area contributed by atoms with Crippen LogP contribution in [0.1, 0.15) is 26.7 Å². The quantitative estimate of drug-likeness (QED) is 0.639. The van der Waals surface area contributed by atoms with Gasteiger partial charge in [-0.15, -0.1) is 0 Å². The van der Waals surface area contributed by atoms with E-state index in [2.05, 4.69) is 5.32 Å². The van der Waals surface area contributed by atoms with Crippen molar-refractivity contribution < 1.29 is 9.53 Å². The Hall–Kier alpha value is -0.610. The predicted molar refractivity (Wildman–Crippen MR) is 50.3 cm³/mol. The molecular weight excluding hydrogens is 168 g/mol. The highest BCUT2D eigenvalue weighted by Crippen LogP contribution is 2.07. The number of carbonyl (C=O) groups is 1. The van der Waals surface area contributed by atoms with Crippen molar-refractivity contribution in [2.24, 2.45) is 5.73 Å². The molecule has 1 fully saturated rings. The number of rotatable bonds is 2. The minimum absolute atomic E-state index is 0.0839. The Kier molecular flexibility index (Phi) is 3.27. The lowest BCUT2D eigenvalue weighted by molar-refractivity contribution is -0.126. The van der Waals surface area contributed by atoms with Crippen LogP contribution in [0.4, 0.5) is 0 Å². The van der Waals surface area contributed by atoms with Crippen LogP contribution >= 0.6 is 0 Å². The van der Waals surface area contributed by atoms with Gasteiger partial charge in [0, 0.05) is 19.3 Å². The van der Waals surface area contributed by atoms with Crippen molar-refractivity contribution in [3.63, 3.8) is 0 Å². The Morgan fingerprint density at radius 3 is 2.46 bits per heavy atom. The zero-order valence-corrected chi connectivity index (χ0v) is 8.30. The maximum absolute atomic E-state index is 11.5. The first kappa shape index (κ1) is 10.5. The van der Waals surface area contributed by atoms with Gasteiger partial charge in [-0.05, 0) is 26.7 Å². The highest BCUT2D eigenvalue weighted by Gasteiger charge is 2.25. The molecule has 3 N–H and O–H groups in total. The Morgan fingerprint density at radius 2 is 2.00 bits per heavy atom. The molecule has 0 bridgehead atoms. The van der Waals surface area contributed by atoms with Gasteiger partial charge >= 0.3 is 0 Å². The van der Waals surface area contributed by atoms with E-state index in [-0.39, 0.29) is 11.9 Å². The molecule has 1 heterocycles. The van der Waals surface area contributed by atoms with Crippen LogP contribution in [0.2, 0.25) is 0 Å². The second-order valence-electron chi connectivity index (χ2n) is 4.08. The lowest BCUT2D eigenvalue weighted by atomic mass is 10.0. The monoisotopic (exact) mass is 186 g/mol. The van der Waals surface area contributed by atoms with Crippen LogP contribution in [-0.4, -0.2) is 30.7 Å². The third kappa shape index (κ3) is 3.32. The lowest BCUT2D eigenvalue weighted by Gasteiger charge is -2.26. The van der Waals surface area contributed by atoms with Gasteiger partial charge in [0.1, 0.15) is 0 Å². The van der Waals surface area contributed by atoms with E-state index in [1.54, 1.807) is 13.8 Å². The van der Waals surface area contributed by atoms with Gasteiger partial charge in [-0.25, -0.2) is 0 Å². The minimum atomic E-state index is -0.779. The third-order valence-electron chi connectivity index (χ3n) is 2.14. The maximum atomic E-state index is 11.5. The smallest absolute Gasteiger partial charge is 0.239 e. The first-order valence-corrected chi connectivity index (χ1v) is 4.68. The molecular formula is C9H18N2O2. The Labute approximate surface area is 78.8 Å². The summed E-state index contributed by atoms with van der Waals surface area (Å²) in [6, 6.07) is 0.240. The average Bonchev–Trinajstić information content (AvgIpc) is 2.04. The van der Waals surface area contributed by atoms with E-state index in [0.717, 1.165) is 26.1 Å². The molecule has 1 rings (SSSR count). The summed E-state index contributed by atoms with van der Waals surface area (Å²) in [6.07, 6.45) is 1.78. The third-order valence-corrected chi connectivity index (χ3v) is 2.14. The SMILES string of the molecule is CC(C)(N)C(=O)NC1CCOCC1. The van der Waals surface area contributed by atoms with Gasteiger partial charge in [-0.1, -0.05) is 0 Å². The summed E-state index contributed by atoms with van der Waals surface area (Å²) in [5.74, 6) is -0.0839. The van der Waals surface area contributed by atoms with Crippen molar-refractivity contribution in [2.45, 2.75) is 38.3 Å². The molecule has 0 aromatic rings. The summed E-state index contributed by atoms with van der Waals surface area (Å²) < 4.78 is 5.18. The van der Waals surface area contributed by atoms with E-state index in [4.69, 9.17) is 10.5 Å². The van der Waals surface area contributed by atoms with Gasteiger partial charge in [0.15, 0.2) is 0 Å². The molecule has 1 aliphatic heterocycles. The Balaban J connectivity index is 2.35. The fourth-order valence-electron chi connectivity index (χ4n) is 1.21. The molecule has 1 amide bonds. The standard InChI is InChI=1S/C9H18N2O2/c1-9(2,10)8(12)11-7-3-5-13-6-4-7/h7H,3-6,10H2,1-2H3,(H,11,12). The molecule has 4 heteroatoms. The summed E-state index contributed by atoms with van der Waals surface area (Å²) in [4.78, 5) is 11.5. The number of hydrogen-bond donors (Lipinski definition) is 2. The summed E-state index contributed by atoms with van der Waals surface area (Å²) in [6.45, 7) is 4.88.